The zero-order valence-corrected chi connectivity index (χ0v) is 16.3. The van der Waals surface area contributed by atoms with Gasteiger partial charge in [-0.05, 0) is 49.7 Å². The van der Waals surface area contributed by atoms with Crippen LogP contribution in [0.3, 0.4) is 0 Å². The maximum absolute atomic E-state index is 12.8. The fourth-order valence-corrected chi connectivity index (χ4v) is 5.75. The first-order chi connectivity index (χ1) is 12.8. The number of urea groups is 1. The lowest BCUT2D eigenvalue weighted by Crippen LogP contribution is -2.46. The summed E-state index contributed by atoms with van der Waals surface area (Å²) >= 11 is 0. The monoisotopic (exact) mass is 391 g/mol. The third-order valence-corrected chi connectivity index (χ3v) is 7.77. The van der Waals surface area contributed by atoms with Crippen molar-refractivity contribution in [3.8, 4) is 0 Å². The Balaban J connectivity index is 1.55. The van der Waals surface area contributed by atoms with Crippen molar-refractivity contribution in [1.29, 1.82) is 0 Å². The van der Waals surface area contributed by atoms with Gasteiger partial charge in [-0.25, -0.2) is 17.5 Å². The van der Waals surface area contributed by atoms with Crippen molar-refractivity contribution in [3.05, 3.63) is 35.4 Å². The summed E-state index contributed by atoms with van der Waals surface area (Å²) in [5.74, 6) is -0.121. The Morgan fingerprint density at radius 1 is 1.11 bits per heavy atom. The Labute approximate surface area is 159 Å². The molecule has 0 bridgehead atoms. The molecule has 0 unspecified atom stereocenters. The fraction of sp³-hybridized carbons (Fsp3) is 0.579. The summed E-state index contributed by atoms with van der Waals surface area (Å²) in [6, 6.07) is 6.76. The standard InChI is InChI=1S/C19H25N3O4S/c1-19(16-8-9-16)17(23)22(18(24)20-19)12-14-6-2-3-7-15(14)13-27(25,26)21-10-4-5-11-21/h2-3,6-7,16H,4-5,8-13H2,1H3,(H,20,24)/t19-/m1/s1. The van der Waals surface area contributed by atoms with Gasteiger partial charge in [-0.2, -0.15) is 0 Å². The van der Waals surface area contributed by atoms with E-state index >= 15 is 0 Å². The number of hydrogen-bond acceptors (Lipinski definition) is 4. The lowest BCUT2D eigenvalue weighted by Gasteiger charge is -2.22. The van der Waals surface area contributed by atoms with E-state index in [1.54, 1.807) is 31.2 Å². The second-order valence-electron chi connectivity index (χ2n) is 7.93. The number of nitrogens with zero attached hydrogens (tertiary/aromatic N) is 2. The molecular formula is C19H25N3O4S. The highest BCUT2D eigenvalue weighted by molar-refractivity contribution is 7.88. The topological polar surface area (TPSA) is 86.8 Å². The van der Waals surface area contributed by atoms with E-state index in [2.05, 4.69) is 5.32 Å². The van der Waals surface area contributed by atoms with E-state index in [1.165, 1.54) is 9.21 Å². The van der Waals surface area contributed by atoms with E-state index in [9.17, 15) is 18.0 Å². The summed E-state index contributed by atoms with van der Waals surface area (Å²) in [4.78, 5) is 26.5. The smallest absolute Gasteiger partial charge is 0.323 e. The van der Waals surface area contributed by atoms with Gasteiger partial charge < -0.3 is 5.32 Å². The number of carbonyl (C=O) groups excluding carboxylic acids is 2. The molecule has 0 radical (unpaired) electrons. The lowest BCUT2D eigenvalue weighted by molar-refractivity contribution is -0.131. The summed E-state index contributed by atoms with van der Waals surface area (Å²) in [5, 5.41) is 2.84. The molecule has 3 fully saturated rings. The molecule has 7 nitrogen and oxygen atoms in total. The summed E-state index contributed by atoms with van der Waals surface area (Å²) in [5.41, 5.74) is 0.516. The number of benzene rings is 1. The Morgan fingerprint density at radius 3 is 2.37 bits per heavy atom. The molecule has 2 heterocycles. The number of carbonyl (C=O) groups is 2. The molecule has 3 aliphatic rings. The van der Waals surface area contributed by atoms with Crippen molar-refractivity contribution in [3.63, 3.8) is 0 Å². The van der Waals surface area contributed by atoms with Crippen LogP contribution >= 0.6 is 0 Å². The van der Waals surface area contributed by atoms with Crippen molar-refractivity contribution >= 4 is 22.0 Å². The highest BCUT2D eigenvalue weighted by Crippen LogP contribution is 2.43. The molecule has 1 saturated carbocycles. The van der Waals surface area contributed by atoms with Gasteiger partial charge in [-0.1, -0.05) is 24.3 Å². The van der Waals surface area contributed by atoms with Gasteiger partial charge in [0.1, 0.15) is 5.54 Å². The van der Waals surface area contributed by atoms with E-state index < -0.39 is 21.6 Å². The third kappa shape index (κ3) is 3.36. The Morgan fingerprint density at radius 2 is 1.74 bits per heavy atom. The Hall–Kier alpha value is -1.93. The second-order valence-corrected chi connectivity index (χ2v) is 9.90. The highest BCUT2D eigenvalue weighted by Gasteiger charge is 2.55. The fourth-order valence-electron chi connectivity index (χ4n) is 4.07. The molecule has 8 heteroatoms. The summed E-state index contributed by atoms with van der Waals surface area (Å²) in [7, 11) is -3.39. The van der Waals surface area contributed by atoms with Crippen LogP contribution < -0.4 is 5.32 Å². The molecular weight excluding hydrogens is 366 g/mol. The maximum Gasteiger partial charge on any atom is 0.325 e. The van der Waals surface area contributed by atoms with Crippen molar-refractivity contribution in [2.45, 2.75) is 50.4 Å². The molecule has 4 rings (SSSR count). The highest BCUT2D eigenvalue weighted by atomic mass is 32.2. The maximum atomic E-state index is 12.8. The molecule has 0 spiro atoms. The first kappa shape index (κ1) is 18.4. The molecule has 1 aliphatic carbocycles. The molecule has 1 aromatic carbocycles. The number of rotatable bonds is 6. The van der Waals surface area contributed by atoms with Crippen molar-refractivity contribution in [2.75, 3.05) is 13.1 Å². The van der Waals surface area contributed by atoms with Crippen LogP contribution in [0.25, 0.3) is 0 Å². The summed E-state index contributed by atoms with van der Waals surface area (Å²) in [6.45, 7) is 3.02. The summed E-state index contributed by atoms with van der Waals surface area (Å²) in [6.07, 6.45) is 3.67. The van der Waals surface area contributed by atoms with Gasteiger partial charge in [0.25, 0.3) is 5.91 Å². The van der Waals surface area contributed by atoms with Gasteiger partial charge in [-0.3, -0.25) is 9.69 Å². The molecule has 146 valence electrons. The quantitative estimate of drug-likeness (QED) is 0.750. The van der Waals surface area contributed by atoms with Crippen LogP contribution in [0.5, 0.6) is 0 Å². The van der Waals surface area contributed by atoms with E-state index in [-0.39, 0.29) is 24.1 Å². The predicted molar refractivity (Wildman–Crippen MR) is 100 cm³/mol. The Kier molecular flexibility index (Phi) is 4.50. The van der Waals surface area contributed by atoms with Gasteiger partial charge in [0.2, 0.25) is 10.0 Å². The normalized spacial score (nSPS) is 26.6. The SMILES string of the molecule is C[C@]1(C2CC2)NC(=O)N(Cc2ccccc2CS(=O)(=O)N2CCCC2)C1=O. The van der Waals surface area contributed by atoms with Crippen LogP contribution in [-0.4, -0.2) is 48.2 Å². The predicted octanol–water partition coefficient (Wildman–Crippen LogP) is 1.83. The molecule has 0 aromatic heterocycles. The van der Waals surface area contributed by atoms with E-state index in [1.807, 2.05) is 0 Å². The van der Waals surface area contributed by atoms with Gasteiger partial charge in [0.05, 0.1) is 12.3 Å². The van der Waals surface area contributed by atoms with Crippen molar-refractivity contribution in [1.82, 2.24) is 14.5 Å². The molecule has 1 atom stereocenters. The first-order valence-corrected chi connectivity index (χ1v) is 11.1. The van der Waals surface area contributed by atoms with Gasteiger partial charge in [0, 0.05) is 13.1 Å². The number of nitrogens with one attached hydrogen (secondary N) is 1. The molecule has 27 heavy (non-hydrogen) atoms. The largest absolute Gasteiger partial charge is 0.325 e. The molecule has 1 N–H and O–H groups in total. The minimum Gasteiger partial charge on any atom is -0.323 e. The summed E-state index contributed by atoms with van der Waals surface area (Å²) < 4.78 is 26.9. The minimum atomic E-state index is -3.39. The van der Waals surface area contributed by atoms with Crippen LogP contribution in [0.1, 0.15) is 43.7 Å². The minimum absolute atomic E-state index is 0.0959. The van der Waals surface area contributed by atoms with Crippen LogP contribution in [0, 0.1) is 5.92 Å². The van der Waals surface area contributed by atoms with Crippen LogP contribution in [0.15, 0.2) is 24.3 Å². The second kappa shape index (κ2) is 6.60. The third-order valence-electron chi connectivity index (χ3n) is 5.94. The zero-order chi connectivity index (χ0) is 19.2. The number of hydrogen-bond donors (Lipinski definition) is 1. The average Bonchev–Trinajstić information content (AvgIpc) is 3.28. The van der Waals surface area contributed by atoms with Crippen LogP contribution in [0.4, 0.5) is 4.79 Å². The van der Waals surface area contributed by atoms with E-state index in [4.69, 9.17) is 0 Å². The van der Waals surface area contributed by atoms with E-state index in [0.717, 1.165) is 25.7 Å². The molecule has 2 aliphatic heterocycles. The number of imide groups is 1. The zero-order valence-electron chi connectivity index (χ0n) is 15.5. The number of amides is 3. The molecule has 3 amide bonds. The van der Waals surface area contributed by atoms with Gasteiger partial charge >= 0.3 is 6.03 Å². The van der Waals surface area contributed by atoms with E-state index in [0.29, 0.717) is 24.2 Å². The van der Waals surface area contributed by atoms with Crippen molar-refractivity contribution < 1.29 is 18.0 Å². The van der Waals surface area contributed by atoms with Crippen LogP contribution in [0.2, 0.25) is 0 Å². The molecule has 2 saturated heterocycles. The van der Waals surface area contributed by atoms with Gasteiger partial charge in [0.15, 0.2) is 0 Å². The molecule has 1 aromatic rings. The average molecular weight is 391 g/mol. The van der Waals surface area contributed by atoms with Crippen molar-refractivity contribution in [2.24, 2.45) is 5.92 Å². The lowest BCUT2D eigenvalue weighted by atomic mass is 9.96. The van der Waals surface area contributed by atoms with Gasteiger partial charge in [-0.15, -0.1) is 0 Å². The van der Waals surface area contributed by atoms with Crippen LogP contribution in [-0.2, 0) is 27.1 Å². The first-order valence-electron chi connectivity index (χ1n) is 9.50. The number of sulfonamides is 1. The Bertz CT molecular complexity index is 875.